The molecule has 0 bridgehead atoms. The van der Waals surface area contributed by atoms with Crippen molar-refractivity contribution in [3.8, 4) is 0 Å². The Hall–Kier alpha value is -1.70. The number of piperazine rings is 1. The van der Waals surface area contributed by atoms with Gasteiger partial charge in [-0.3, -0.25) is 4.90 Å². The van der Waals surface area contributed by atoms with E-state index in [2.05, 4.69) is 32.7 Å². The molecule has 8 heteroatoms. The van der Waals surface area contributed by atoms with Gasteiger partial charge in [0, 0.05) is 45.2 Å². The molecule has 2 aliphatic rings. The number of hydrogen-bond acceptors (Lipinski definition) is 5. The van der Waals surface area contributed by atoms with E-state index in [1.807, 2.05) is 11.9 Å². The van der Waals surface area contributed by atoms with E-state index in [1.165, 1.54) is 19.4 Å². The molecule has 2 atom stereocenters. The van der Waals surface area contributed by atoms with Crippen LogP contribution in [0.5, 0.6) is 0 Å². The maximum Gasteiger partial charge on any atom is 0.317 e. The van der Waals surface area contributed by atoms with Gasteiger partial charge in [0.2, 0.25) is 0 Å². The highest BCUT2D eigenvalue weighted by Gasteiger charge is 2.37. The summed E-state index contributed by atoms with van der Waals surface area (Å²) in [5.41, 5.74) is 0. The van der Waals surface area contributed by atoms with Crippen molar-refractivity contribution in [1.82, 2.24) is 35.3 Å². The lowest BCUT2D eigenvalue weighted by Gasteiger charge is -2.43. The van der Waals surface area contributed by atoms with Crippen molar-refractivity contribution in [3.63, 3.8) is 0 Å². The summed E-state index contributed by atoms with van der Waals surface area (Å²) in [5.74, 6) is 0.785. The smallest absolute Gasteiger partial charge is 0.317 e. The summed E-state index contributed by atoms with van der Waals surface area (Å²) in [6.07, 6.45) is 4.12. The largest absolute Gasteiger partial charge is 0.338 e. The van der Waals surface area contributed by atoms with Gasteiger partial charge in [0.25, 0.3) is 0 Å². The molecule has 1 N–H and O–H groups in total. The van der Waals surface area contributed by atoms with E-state index in [4.69, 9.17) is 0 Å². The van der Waals surface area contributed by atoms with Gasteiger partial charge in [-0.1, -0.05) is 6.92 Å². The Labute approximate surface area is 130 Å². The summed E-state index contributed by atoms with van der Waals surface area (Å²) >= 11 is 0. The topological polar surface area (TPSA) is 79.2 Å². The fourth-order valence-electron chi connectivity index (χ4n) is 3.53. The zero-order valence-corrected chi connectivity index (χ0v) is 13.4. The van der Waals surface area contributed by atoms with E-state index in [0.717, 1.165) is 25.3 Å². The van der Waals surface area contributed by atoms with Gasteiger partial charge in [-0.05, 0) is 36.2 Å². The lowest BCUT2D eigenvalue weighted by molar-refractivity contribution is 0.0713. The summed E-state index contributed by atoms with van der Waals surface area (Å²) in [6, 6.07) is 0.927. The van der Waals surface area contributed by atoms with Crippen LogP contribution in [-0.4, -0.2) is 74.3 Å². The van der Waals surface area contributed by atoms with Gasteiger partial charge in [-0.25, -0.2) is 9.48 Å². The van der Waals surface area contributed by atoms with E-state index in [-0.39, 0.29) is 6.03 Å². The quantitative estimate of drug-likeness (QED) is 0.848. The van der Waals surface area contributed by atoms with Crippen molar-refractivity contribution in [2.24, 2.45) is 7.05 Å². The molecule has 2 saturated heterocycles. The third-order valence-electron chi connectivity index (χ3n) is 4.86. The normalized spacial score (nSPS) is 25.3. The third kappa shape index (κ3) is 3.06. The summed E-state index contributed by atoms with van der Waals surface area (Å²) in [5, 5.41) is 14.3. The number of fused-ring (bicyclic) bond motifs is 1. The Morgan fingerprint density at radius 1 is 1.41 bits per heavy atom. The molecule has 8 nitrogen and oxygen atoms in total. The average Bonchev–Trinajstić information content (AvgIpc) is 3.14. The number of aryl methyl sites for hydroxylation is 1. The highest BCUT2D eigenvalue weighted by molar-refractivity contribution is 5.74. The van der Waals surface area contributed by atoms with Crippen LogP contribution in [0.2, 0.25) is 0 Å². The van der Waals surface area contributed by atoms with E-state index in [9.17, 15) is 4.79 Å². The molecule has 0 aromatic carbocycles. The highest BCUT2D eigenvalue weighted by Crippen LogP contribution is 2.25. The SMILES string of the molecule is CCC1CN2CCCC2CN1C(=O)NCCc1nnnn1C. The molecule has 3 heterocycles. The van der Waals surface area contributed by atoms with Crippen molar-refractivity contribution in [1.29, 1.82) is 0 Å². The fourth-order valence-corrected chi connectivity index (χ4v) is 3.53. The minimum Gasteiger partial charge on any atom is -0.338 e. The Bertz CT molecular complexity index is 517. The standard InChI is InChI=1S/C14H25N7O/c1-3-11-9-20-8-4-5-12(20)10-21(11)14(22)15-7-6-13-16-17-18-19(13)2/h11-12H,3-10H2,1-2H3,(H,15,22). The first-order valence-corrected chi connectivity index (χ1v) is 8.18. The molecule has 2 fully saturated rings. The van der Waals surface area contributed by atoms with Crippen LogP contribution in [0.15, 0.2) is 0 Å². The molecule has 1 aromatic rings. The first-order chi connectivity index (χ1) is 10.7. The molecule has 0 spiro atoms. The number of urea groups is 1. The van der Waals surface area contributed by atoms with Crippen LogP contribution in [0.1, 0.15) is 32.0 Å². The van der Waals surface area contributed by atoms with Gasteiger partial charge in [0.15, 0.2) is 5.82 Å². The van der Waals surface area contributed by atoms with Crippen LogP contribution >= 0.6 is 0 Å². The molecule has 1 aromatic heterocycles. The number of hydrogen-bond donors (Lipinski definition) is 1. The van der Waals surface area contributed by atoms with Crippen LogP contribution in [0.25, 0.3) is 0 Å². The van der Waals surface area contributed by atoms with E-state index >= 15 is 0 Å². The maximum atomic E-state index is 12.5. The van der Waals surface area contributed by atoms with E-state index in [0.29, 0.717) is 25.0 Å². The van der Waals surface area contributed by atoms with Crippen LogP contribution < -0.4 is 5.32 Å². The molecular formula is C14H25N7O. The molecule has 0 aliphatic carbocycles. The van der Waals surface area contributed by atoms with Gasteiger partial charge < -0.3 is 10.2 Å². The van der Waals surface area contributed by atoms with Crippen molar-refractivity contribution >= 4 is 6.03 Å². The Balaban J connectivity index is 1.53. The molecule has 0 saturated carbocycles. The van der Waals surface area contributed by atoms with Gasteiger partial charge >= 0.3 is 6.03 Å². The second kappa shape index (κ2) is 6.60. The van der Waals surface area contributed by atoms with Crippen LogP contribution in [0.4, 0.5) is 4.79 Å². The predicted molar refractivity (Wildman–Crippen MR) is 81.3 cm³/mol. The van der Waals surface area contributed by atoms with Crippen molar-refractivity contribution in [2.75, 3.05) is 26.2 Å². The Kier molecular flexibility index (Phi) is 4.56. The highest BCUT2D eigenvalue weighted by atomic mass is 16.2. The number of tetrazole rings is 1. The monoisotopic (exact) mass is 307 g/mol. The summed E-state index contributed by atoms with van der Waals surface area (Å²) in [6.45, 7) is 5.79. The fraction of sp³-hybridized carbons (Fsp3) is 0.857. The van der Waals surface area contributed by atoms with Crippen molar-refractivity contribution in [3.05, 3.63) is 5.82 Å². The van der Waals surface area contributed by atoms with Gasteiger partial charge in [-0.2, -0.15) is 0 Å². The molecule has 3 rings (SSSR count). The van der Waals surface area contributed by atoms with Crippen molar-refractivity contribution < 1.29 is 4.79 Å². The second-order valence-corrected chi connectivity index (χ2v) is 6.21. The number of aromatic nitrogens is 4. The van der Waals surface area contributed by atoms with Gasteiger partial charge in [0.1, 0.15) is 0 Å². The Morgan fingerprint density at radius 3 is 3.00 bits per heavy atom. The maximum absolute atomic E-state index is 12.5. The molecule has 0 radical (unpaired) electrons. The lowest BCUT2D eigenvalue weighted by Crippen LogP contribution is -2.59. The molecule has 122 valence electrons. The first kappa shape index (κ1) is 15.2. The first-order valence-electron chi connectivity index (χ1n) is 8.18. The van der Waals surface area contributed by atoms with Crippen LogP contribution in [0.3, 0.4) is 0 Å². The summed E-state index contributed by atoms with van der Waals surface area (Å²) in [4.78, 5) is 17.1. The third-order valence-corrected chi connectivity index (χ3v) is 4.86. The number of carbonyl (C=O) groups excluding carboxylic acids is 1. The second-order valence-electron chi connectivity index (χ2n) is 6.21. The lowest BCUT2D eigenvalue weighted by atomic mass is 10.1. The number of carbonyl (C=O) groups is 1. The molecule has 22 heavy (non-hydrogen) atoms. The minimum absolute atomic E-state index is 0.0496. The zero-order chi connectivity index (χ0) is 15.5. The number of nitrogens with zero attached hydrogens (tertiary/aromatic N) is 6. The summed E-state index contributed by atoms with van der Waals surface area (Å²) in [7, 11) is 1.81. The minimum atomic E-state index is 0.0496. The number of nitrogens with one attached hydrogen (secondary N) is 1. The predicted octanol–water partition coefficient (Wildman–Crippen LogP) is 0.0208. The van der Waals surface area contributed by atoms with Crippen LogP contribution in [0, 0.1) is 0 Å². The molecule has 2 aliphatic heterocycles. The number of rotatable bonds is 4. The Morgan fingerprint density at radius 2 is 2.27 bits per heavy atom. The van der Waals surface area contributed by atoms with Gasteiger partial charge in [0.05, 0.1) is 0 Å². The summed E-state index contributed by atoms with van der Waals surface area (Å²) < 4.78 is 1.64. The van der Waals surface area contributed by atoms with Crippen molar-refractivity contribution in [2.45, 2.75) is 44.7 Å². The number of amides is 2. The zero-order valence-electron chi connectivity index (χ0n) is 13.4. The average molecular weight is 307 g/mol. The van der Waals surface area contributed by atoms with Crippen LogP contribution in [-0.2, 0) is 13.5 Å². The molecule has 2 unspecified atom stereocenters. The van der Waals surface area contributed by atoms with Gasteiger partial charge in [-0.15, -0.1) is 5.10 Å². The molecule has 2 amide bonds. The van der Waals surface area contributed by atoms with E-state index in [1.54, 1.807) is 4.68 Å². The van der Waals surface area contributed by atoms with E-state index < -0.39 is 0 Å². The molecular weight excluding hydrogens is 282 g/mol.